The smallest absolute Gasteiger partial charge is 0.227 e. The maximum atomic E-state index is 12.3. The van der Waals surface area contributed by atoms with Crippen molar-refractivity contribution in [1.82, 2.24) is 20.4 Å². The van der Waals surface area contributed by atoms with Crippen LogP contribution in [0.4, 0.5) is 0 Å². The fourth-order valence-electron chi connectivity index (χ4n) is 3.55. The third-order valence-corrected chi connectivity index (χ3v) is 5.24. The summed E-state index contributed by atoms with van der Waals surface area (Å²) >= 11 is 0. The summed E-state index contributed by atoms with van der Waals surface area (Å²) < 4.78 is 16.3. The molecule has 2 aliphatic rings. The summed E-state index contributed by atoms with van der Waals surface area (Å²) in [5.74, 6) is 1.67. The molecule has 2 unspecified atom stereocenters. The SMILES string of the molecule is CC(C)(C)c1noc(CCC(=O)NCC(C2CCOC2)N2CCOCC2)n1. The van der Waals surface area contributed by atoms with Crippen LogP contribution in [0.2, 0.25) is 0 Å². The number of carbonyl (C=O) groups excluding carboxylic acids is 1. The molecule has 0 bridgehead atoms. The summed E-state index contributed by atoms with van der Waals surface area (Å²) in [6.07, 6.45) is 1.86. The van der Waals surface area contributed by atoms with E-state index in [9.17, 15) is 4.79 Å². The summed E-state index contributed by atoms with van der Waals surface area (Å²) in [6.45, 7) is 11.7. The summed E-state index contributed by atoms with van der Waals surface area (Å²) in [5.41, 5.74) is -0.154. The molecule has 2 aliphatic heterocycles. The number of nitrogens with zero attached hydrogens (tertiary/aromatic N) is 3. The van der Waals surface area contributed by atoms with E-state index in [1.807, 2.05) is 20.8 Å². The molecule has 1 amide bonds. The lowest BCUT2D eigenvalue weighted by molar-refractivity contribution is -0.121. The molecule has 2 saturated heterocycles. The van der Waals surface area contributed by atoms with E-state index in [0.717, 1.165) is 45.9 Å². The molecule has 8 nitrogen and oxygen atoms in total. The first kappa shape index (κ1) is 20.2. The zero-order valence-electron chi connectivity index (χ0n) is 16.7. The second-order valence-electron chi connectivity index (χ2n) is 8.41. The van der Waals surface area contributed by atoms with Gasteiger partial charge in [0.05, 0.1) is 19.8 Å². The zero-order chi connectivity index (χ0) is 19.3. The Morgan fingerprint density at radius 2 is 2.04 bits per heavy atom. The lowest BCUT2D eigenvalue weighted by Gasteiger charge is -2.37. The van der Waals surface area contributed by atoms with Gasteiger partial charge in [-0.15, -0.1) is 0 Å². The predicted octanol–water partition coefficient (Wildman–Crippen LogP) is 1.15. The normalized spacial score (nSPS) is 22.7. The highest BCUT2D eigenvalue weighted by Crippen LogP contribution is 2.22. The molecule has 3 heterocycles. The number of aromatic nitrogens is 2. The summed E-state index contributed by atoms with van der Waals surface area (Å²) in [4.78, 5) is 19.2. The molecule has 1 N–H and O–H groups in total. The molecular formula is C19H32N4O4. The highest BCUT2D eigenvalue weighted by molar-refractivity contribution is 5.76. The van der Waals surface area contributed by atoms with Crippen molar-refractivity contribution in [3.63, 3.8) is 0 Å². The maximum absolute atomic E-state index is 12.3. The number of amides is 1. The first-order valence-corrected chi connectivity index (χ1v) is 9.93. The van der Waals surface area contributed by atoms with E-state index in [0.29, 0.717) is 43.1 Å². The quantitative estimate of drug-likeness (QED) is 0.759. The van der Waals surface area contributed by atoms with Crippen LogP contribution < -0.4 is 5.32 Å². The third kappa shape index (κ3) is 5.73. The molecule has 152 valence electrons. The molecule has 1 aromatic heterocycles. The van der Waals surface area contributed by atoms with Gasteiger partial charge in [-0.2, -0.15) is 4.98 Å². The van der Waals surface area contributed by atoms with Gasteiger partial charge in [0.25, 0.3) is 0 Å². The summed E-state index contributed by atoms with van der Waals surface area (Å²) in [5, 5.41) is 7.10. The average molecular weight is 380 g/mol. The Kier molecular flexibility index (Phi) is 6.83. The van der Waals surface area contributed by atoms with Crippen molar-refractivity contribution < 1.29 is 18.8 Å². The number of ether oxygens (including phenoxy) is 2. The van der Waals surface area contributed by atoms with Crippen LogP contribution >= 0.6 is 0 Å². The molecule has 2 fully saturated rings. The Hall–Kier alpha value is -1.51. The lowest BCUT2D eigenvalue weighted by Crippen LogP contribution is -2.52. The number of nitrogens with one attached hydrogen (secondary N) is 1. The topological polar surface area (TPSA) is 89.7 Å². The van der Waals surface area contributed by atoms with E-state index >= 15 is 0 Å². The predicted molar refractivity (Wildman–Crippen MR) is 99.4 cm³/mol. The highest BCUT2D eigenvalue weighted by atomic mass is 16.5. The molecule has 1 aromatic rings. The third-order valence-electron chi connectivity index (χ3n) is 5.24. The van der Waals surface area contributed by atoms with Crippen molar-refractivity contribution in [2.75, 3.05) is 46.1 Å². The second kappa shape index (κ2) is 9.12. The van der Waals surface area contributed by atoms with Crippen LogP contribution in [0.5, 0.6) is 0 Å². The van der Waals surface area contributed by atoms with Gasteiger partial charge in [-0.25, -0.2) is 0 Å². The van der Waals surface area contributed by atoms with Crippen molar-refractivity contribution in [2.24, 2.45) is 5.92 Å². The highest BCUT2D eigenvalue weighted by Gasteiger charge is 2.31. The lowest BCUT2D eigenvalue weighted by atomic mass is 9.96. The minimum atomic E-state index is -0.154. The Morgan fingerprint density at radius 1 is 1.26 bits per heavy atom. The van der Waals surface area contributed by atoms with Crippen LogP contribution in [0, 0.1) is 5.92 Å². The van der Waals surface area contributed by atoms with Gasteiger partial charge in [-0.3, -0.25) is 9.69 Å². The van der Waals surface area contributed by atoms with Gasteiger partial charge in [0, 0.05) is 56.5 Å². The van der Waals surface area contributed by atoms with Crippen molar-refractivity contribution in [1.29, 1.82) is 0 Å². The summed E-state index contributed by atoms with van der Waals surface area (Å²) in [6, 6.07) is 0.302. The molecular weight excluding hydrogens is 348 g/mol. The van der Waals surface area contributed by atoms with Gasteiger partial charge < -0.3 is 19.3 Å². The maximum Gasteiger partial charge on any atom is 0.227 e. The van der Waals surface area contributed by atoms with E-state index in [-0.39, 0.29) is 11.3 Å². The number of morpholine rings is 1. The van der Waals surface area contributed by atoms with E-state index in [1.165, 1.54) is 0 Å². The number of rotatable bonds is 7. The van der Waals surface area contributed by atoms with Gasteiger partial charge in [0.15, 0.2) is 5.82 Å². The Bertz CT molecular complexity index is 601. The average Bonchev–Trinajstić information content (AvgIpc) is 3.33. The number of aryl methyl sites for hydroxylation is 1. The fraction of sp³-hybridized carbons (Fsp3) is 0.842. The van der Waals surface area contributed by atoms with Crippen LogP contribution in [0.25, 0.3) is 0 Å². The van der Waals surface area contributed by atoms with E-state index in [1.54, 1.807) is 0 Å². The van der Waals surface area contributed by atoms with Crippen molar-refractivity contribution >= 4 is 5.91 Å². The number of hydrogen-bond acceptors (Lipinski definition) is 7. The van der Waals surface area contributed by atoms with Gasteiger partial charge in [-0.05, 0) is 6.42 Å². The van der Waals surface area contributed by atoms with Crippen LogP contribution in [0.1, 0.15) is 45.3 Å². The molecule has 0 spiro atoms. The van der Waals surface area contributed by atoms with Crippen LogP contribution in [-0.4, -0.2) is 73.1 Å². The molecule has 2 atom stereocenters. The van der Waals surface area contributed by atoms with Gasteiger partial charge in [0.2, 0.25) is 11.8 Å². The monoisotopic (exact) mass is 380 g/mol. The fourth-order valence-corrected chi connectivity index (χ4v) is 3.55. The Balaban J connectivity index is 1.47. The Labute approximate surface area is 161 Å². The van der Waals surface area contributed by atoms with Crippen LogP contribution in [0.3, 0.4) is 0 Å². The molecule has 0 saturated carbocycles. The van der Waals surface area contributed by atoms with E-state index in [2.05, 4.69) is 20.4 Å². The molecule has 0 aromatic carbocycles. The second-order valence-corrected chi connectivity index (χ2v) is 8.41. The van der Waals surface area contributed by atoms with E-state index < -0.39 is 0 Å². The van der Waals surface area contributed by atoms with Crippen LogP contribution in [-0.2, 0) is 26.1 Å². The number of hydrogen-bond donors (Lipinski definition) is 1. The minimum Gasteiger partial charge on any atom is -0.381 e. The van der Waals surface area contributed by atoms with Crippen molar-refractivity contribution in [3.8, 4) is 0 Å². The largest absolute Gasteiger partial charge is 0.381 e. The van der Waals surface area contributed by atoms with Crippen molar-refractivity contribution in [2.45, 2.75) is 51.5 Å². The first-order chi connectivity index (χ1) is 12.9. The molecule has 3 rings (SSSR count). The minimum absolute atomic E-state index is 0.0164. The van der Waals surface area contributed by atoms with E-state index in [4.69, 9.17) is 14.0 Å². The standard InChI is InChI=1S/C19H32N4O4/c1-19(2,3)18-21-17(27-22-18)5-4-16(24)20-12-15(14-6-9-26-13-14)23-7-10-25-11-8-23/h14-15H,4-13H2,1-3H3,(H,20,24). The van der Waals surface area contributed by atoms with Crippen LogP contribution in [0.15, 0.2) is 4.52 Å². The Morgan fingerprint density at radius 3 is 2.67 bits per heavy atom. The first-order valence-electron chi connectivity index (χ1n) is 9.93. The molecule has 0 aliphatic carbocycles. The molecule has 0 radical (unpaired) electrons. The number of carbonyl (C=O) groups is 1. The molecule has 8 heteroatoms. The van der Waals surface area contributed by atoms with Gasteiger partial charge >= 0.3 is 0 Å². The molecule has 27 heavy (non-hydrogen) atoms. The van der Waals surface area contributed by atoms with Gasteiger partial charge in [0.1, 0.15) is 0 Å². The van der Waals surface area contributed by atoms with Gasteiger partial charge in [-0.1, -0.05) is 25.9 Å². The zero-order valence-corrected chi connectivity index (χ0v) is 16.7. The summed E-state index contributed by atoms with van der Waals surface area (Å²) in [7, 11) is 0. The van der Waals surface area contributed by atoms with Crippen molar-refractivity contribution in [3.05, 3.63) is 11.7 Å².